The SMILES string of the molecule is CCN1C[C@@]2(COC)C3[C@@H](OC)[C@H]4C1[C@@]3(C1C[C@@]3(OC(C)=O)[C@H](OC(=O)c5ccccc5)C1[C@]4(OC(C)=O)[C@@H](OC(C)=O)[C@@H]3OC)[C@@H](OC)C[C@H]2OC(C)=O. The number of hydrogen-bond acceptors (Lipinski definition) is 15. The molecule has 1 heterocycles. The van der Waals surface area contributed by atoms with Crippen LogP contribution >= 0.6 is 0 Å². The molecule has 5 aliphatic carbocycles. The van der Waals surface area contributed by atoms with E-state index in [0.717, 1.165) is 0 Å². The molecule has 0 aromatic heterocycles. The van der Waals surface area contributed by atoms with Gasteiger partial charge < -0.3 is 42.6 Å². The van der Waals surface area contributed by atoms with Crippen LogP contribution in [0.4, 0.5) is 0 Å². The highest BCUT2D eigenvalue weighted by Gasteiger charge is 2.93. The Bertz CT molecular complexity index is 1710. The van der Waals surface area contributed by atoms with E-state index in [9.17, 15) is 24.0 Å². The topological polar surface area (TPSA) is 172 Å². The summed E-state index contributed by atoms with van der Waals surface area (Å²) in [6.07, 6.45) is -5.56. The van der Waals surface area contributed by atoms with Crippen LogP contribution in [0.2, 0.25) is 0 Å². The summed E-state index contributed by atoms with van der Waals surface area (Å²) in [5, 5.41) is 0. The molecule has 1 saturated heterocycles. The Kier molecular flexibility index (Phi) is 10.1. The monoisotopic (exact) mass is 771 g/mol. The molecule has 15 heteroatoms. The minimum Gasteiger partial charge on any atom is -0.462 e. The van der Waals surface area contributed by atoms with Crippen LogP contribution in [0.5, 0.6) is 0 Å². The first kappa shape index (κ1) is 39.6. The lowest BCUT2D eigenvalue weighted by Crippen LogP contribution is -2.82. The maximum absolute atomic E-state index is 14.2. The van der Waals surface area contributed by atoms with Crippen LogP contribution in [0.3, 0.4) is 0 Å². The summed E-state index contributed by atoms with van der Waals surface area (Å²) in [5.74, 6) is -5.98. The van der Waals surface area contributed by atoms with Crippen molar-refractivity contribution in [2.75, 3.05) is 48.1 Å². The van der Waals surface area contributed by atoms with Crippen molar-refractivity contribution in [3.05, 3.63) is 35.9 Å². The van der Waals surface area contributed by atoms with Crippen molar-refractivity contribution in [3.8, 4) is 0 Å². The summed E-state index contributed by atoms with van der Waals surface area (Å²) < 4.78 is 57.9. The molecule has 0 amide bonds. The van der Waals surface area contributed by atoms with Gasteiger partial charge in [-0.25, -0.2) is 4.79 Å². The number of nitrogens with zero attached hydrogens (tertiary/aromatic N) is 1. The zero-order chi connectivity index (χ0) is 39.8. The van der Waals surface area contributed by atoms with E-state index in [1.165, 1.54) is 34.8 Å². The zero-order valence-electron chi connectivity index (χ0n) is 32.9. The number of fused-ring (bicyclic) bond motifs is 2. The van der Waals surface area contributed by atoms with Gasteiger partial charge in [0.05, 0.1) is 24.4 Å². The third kappa shape index (κ3) is 5.21. The van der Waals surface area contributed by atoms with Gasteiger partial charge in [-0.1, -0.05) is 25.1 Å². The van der Waals surface area contributed by atoms with Crippen LogP contribution in [0.1, 0.15) is 57.8 Å². The smallest absolute Gasteiger partial charge is 0.338 e. The summed E-state index contributed by atoms with van der Waals surface area (Å²) in [4.78, 5) is 69.8. The molecular weight excluding hydrogens is 718 g/mol. The fraction of sp³-hybridized carbons (Fsp3) is 0.725. The molecule has 15 atom stereocenters. The fourth-order valence-corrected chi connectivity index (χ4v) is 13.4. The molecule has 5 saturated carbocycles. The molecule has 0 radical (unpaired) electrons. The Morgan fingerprint density at radius 1 is 0.745 bits per heavy atom. The number of ether oxygens (including phenoxy) is 9. The van der Waals surface area contributed by atoms with E-state index in [2.05, 4.69) is 4.90 Å². The number of rotatable bonds is 12. The summed E-state index contributed by atoms with van der Waals surface area (Å²) >= 11 is 0. The first-order chi connectivity index (χ1) is 26.2. The van der Waals surface area contributed by atoms with Crippen molar-refractivity contribution in [1.29, 1.82) is 0 Å². The quantitative estimate of drug-likeness (QED) is 0.224. The Morgan fingerprint density at radius 2 is 1.42 bits per heavy atom. The summed E-state index contributed by atoms with van der Waals surface area (Å²) in [6, 6.07) is 7.98. The summed E-state index contributed by atoms with van der Waals surface area (Å²) in [7, 11) is 6.23. The molecule has 7 rings (SSSR count). The van der Waals surface area contributed by atoms with E-state index in [1.54, 1.807) is 51.7 Å². The largest absolute Gasteiger partial charge is 0.462 e. The standard InChI is InChI=1S/C40H53NO14/c1-10-41-18-37(19-47-6)26(51-20(2)42)16-27(48-7)39-25-17-38(54-22(4)44)33(53-36(46)24-14-12-11-13-15-24)28(25)40(55-23(5)45,35(34(38)50-9)52-21(3)43)29(32(39)41)30(49-8)31(37)39/h11-15,25-35H,10,16-19H2,1-9H3/t25?,26-,27+,28?,29+,30+,31?,32?,33-,34+,35+,37+,38-,39+,40-/m1/s1. The number of piperidine rings is 1. The zero-order valence-corrected chi connectivity index (χ0v) is 32.9. The van der Waals surface area contributed by atoms with Crippen molar-refractivity contribution < 1.29 is 66.6 Å². The Balaban J connectivity index is 1.60. The molecule has 4 unspecified atom stereocenters. The minimum absolute atomic E-state index is 0.0537. The Hall–Kier alpha value is -3.63. The van der Waals surface area contributed by atoms with Crippen molar-refractivity contribution in [2.45, 2.75) is 101 Å². The van der Waals surface area contributed by atoms with Crippen LogP contribution in [-0.2, 0) is 61.8 Å². The number of methoxy groups -OCH3 is 4. The lowest BCUT2D eigenvalue weighted by atomic mass is 9.42. The van der Waals surface area contributed by atoms with Gasteiger partial charge in [-0.15, -0.1) is 0 Å². The van der Waals surface area contributed by atoms with Crippen molar-refractivity contribution in [3.63, 3.8) is 0 Å². The van der Waals surface area contributed by atoms with Gasteiger partial charge in [0.1, 0.15) is 12.2 Å². The molecule has 1 spiro atoms. The van der Waals surface area contributed by atoms with Crippen molar-refractivity contribution >= 4 is 29.8 Å². The van der Waals surface area contributed by atoms with E-state index < -0.39 is 118 Å². The van der Waals surface area contributed by atoms with E-state index in [0.29, 0.717) is 19.5 Å². The number of carbonyl (C=O) groups is 5. The predicted molar refractivity (Wildman–Crippen MR) is 189 cm³/mol. The van der Waals surface area contributed by atoms with Crippen molar-refractivity contribution in [2.24, 2.45) is 34.5 Å². The number of esters is 5. The number of benzene rings is 1. The third-order valence-electron chi connectivity index (χ3n) is 14.0. The number of hydrogen-bond donors (Lipinski definition) is 0. The molecule has 6 fully saturated rings. The second kappa shape index (κ2) is 14.1. The molecule has 0 N–H and O–H groups in total. The van der Waals surface area contributed by atoms with E-state index in [4.69, 9.17) is 42.6 Å². The average Bonchev–Trinajstić information content (AvgIpc) is 3.51. The van der Waals surface area contributed by atoms with Crippen LogP contribution in [-0.4, -0.2) is 137 Å². The van der Waals surface area contributed by atoms with Crippen LogP contribution in [0, 0.1) is 34.5 Å². The lowest BCUT2D eigenvalue weighted by molar-refractivity contribution is -0.325. The minimum atomic E-state index is -1.77. The second-order valence-electron chi connectivity index (χ2n) is 16.1. The summed E-state index contributed by atoms with van der Waals surface area (Å²) in [5.41, 5.74) is -5.03. The van der Waals surface area contributed by atoms with E-state index in [-0.39, 0.29) is 18.6 Å². The second-order valence-corrected chi connectivity index (χ2v) is 16.1. The molecule has 302 valence electrons. The molecule has 15 nitrogen and oxygen atoms in total. The van der Waals surface area contributed by atoms with Crippen LogP contribution in [0.15, 0.2) is 30.3 Å². The summed E-state index contributed by atoms with van der Waals surface area (Å²) in [6.45, 7) is 8.33. The molecule has 1 aromatic rings. The Labute approximate surface area is 320 Å². The van der Waals surface area contributed by atoms with Gasteiger partial charge in [-0.3, -0.25) is 24.1 Å². The van der Waals surface area contributed by atoms with Gasteiger partial charge in [0.25, 0.3) is 0 Å². The van der Waals surface area contributed by atoms with Gasteiger partial charge in [0.2, 0.25) is 0 Å². The highest BCUT2D eigenvalue weighted by Crippen LogP contribution is 2.81. The maximum Gasteiger partial charge on any atom is 0.338 e. The molecular formula is C40H53NO14. The molecule has 1 aliphatic heterocycles. The average molecular weight is 772 g/mol. The fourth-order valence-electron chi connectivity index (χ4n) is 13.4. The number of carbonyl (C=O) groups excluding carboxylic acids is 5. The molecule has 55 heavy (non-hydrogen) atoms. The Morgan fingerprint density at radius 3 is 1.96 bits per heavy atom. The number of likely N-dealkylation sites (tertiary alicyclic amines) is 1. The first-order valence-electron chi connectivity index (χ1n) is 19.0. The first-order valence-corrected chi connectivity index (χ1v) is 19.0. The van der Waals surface area contributed by atoms with Gasteiger partial charge >= 0.3 is 29.8 Å². The van der Waals surface area contributed by atoms with Crippen molar-refractivity contribution in [1.82, 2.24) is 4.90 Å². The van der Waals surface area contributed by atoms with Gasteiger partial charge in [0.15, 0.2) is 23.4 Å². The maximum atomic E-state index is 14.2. The van der Waals surface area contributed by atoms with Gasteiger partial charge in [-0.05, 0) is 31.0 Å². The third-order valence-corrected chi connectivity index (χ3v) is 14.0. The van der Waals surface area contributed by atoms with Gasteiger partial charge in [0, 0.05) is 104 Å². The highest BCUT2D eigenvalue weighted by atomic mass is 16.7. The molecule has 1 aromatic carbocycles. The van der Waals surface area contributed by atoms with Crippen LogP contribution < -0.4 is 0 Å². The normalized spacial score (nSPS) is 43.3. The van der Waals surface area contributed by atoms with E-state index in [1.807, 2.05) is 6.92 Å². The molecule has 7 bridgehead atoms. The van der Waals surface area contributed by atoms with Gasteiger partial charge in [-0.2, -0.15) is 0 Å². The highest BCUT2D eigenvalue weighted by molar-refractivity contribution is 5.89. The van der Waals surface area contributed by atoms with E-state index >= 15 is 0 Å². The van der Waals surface area contributed by atoms with Crippen LogP contribution in [0.25, 0.3) is 0 Å². The predicted octanol–water partition coefficient (Wildman–Crippen LogP) is 2.36. The lowest BCUT2D eigenvalue weighted by Gasteiger charge is -2.70. The molecule has 6 aliphatic rings.